The minimum absolute atomic E-state index is 0.240. The van der Waals surface area contributed by atoms with Gasteiger partial charge in [-0.1, -0.05) is 30.3 Å². The molecule has 1 heterocycles. The van der Waals surface area contributed by atoms with Crippen molar-refractivity contribution in [3.63, 3.8) is 0 Å². The molecule has 0 spiro atoms. The van der Waals surface area contributed by atoms with Crippen LogP contribution in [0.5, 0.6) is 0 Å². The second-order valence-electron chi connectivity index (χ2n) is 3.33. The first-order chi connectivity index (χ1) is 6.47. The van der Waals surface area contributed by atoms with Gasteiger partial charge in [0.2, 0.25) is 0 Å². The van der Waals surface area contributed by atoms with Gasteiger partial charge in [-0.2, -0.15) is 0 Å². The second kappa shape index (κ2) is 4.40. The Kier molecular flexibility index (Phi) is 2.95. The molecule has 0 saturated carbocycles. The first kappa shape index (κ1) is 8.73. The van der Waals surface area contributed by atoms with Crippen molar-refractivity contribution in [2.45, 2.75) is 12.5 Å². The normalized spacial score (nSPS) is 23.8. The highest BCUT2D eigenvalue weighted by Gasteiger charge is 2.13. The fourth-order valence-electron chi connectivity index (χ4n) is 1.60. The Hall–Kier alpha value is -0.860. The van der Waals surface area contributed by atoms with E-state index in [0.29, 0.717) is 0 Å². The Labute approximate surface area is 78.9 Å². The van der Waals surface area contributed by atoms with E-state index >= 15 is 0 Å². The first-order valence-corrected chi connectivity index (χ1v) is 4.84. The Morgan fingerprint density at radius 3 is 2.92 bits per heavy atom. The van der Waals surface area contributed by atoms with Gasteiger partial charge < -0.3 is 10.1 Å². The molecule has 2 nitrogen and oxygen atoms in total. The van der Waals surface area contributed by atoms with Crippen LogP contribution in [0, 0.1) is 0 Å². The predicted octanol–water partition coefficient (Wildman–Crippen LogP) is 1.74. The molecule has 0 aliphatic carbocycles. The molecule has 2 heteroatoms. The number of rotatable bonds is 1. The molecular formula is C11H15NO. The zero-order valence-corrected chi connectivity index (χ0v) is 7.70. The van der Waals surface area contributed by atoms with Crippen molar-refractivity contribution in [3.8, 4) is 0 Å². The average molecular weight is 177 g/mol. The van der Waals surface area contributed by atoms with Crippen molar-refractivity contribution >= 4 is 0 Å². The maximum atomic E-state index is 5.73. The van der Waals surface area contributed by atoms with Crippen LogP contribution in [-0.4, -0.2) is 19.7 Å². The lowest BCUT2D eigenvalue weighted by Gasteiger charge is -2.14. The SMILES string of the molecule is c1ccc([C@@H]2CNCCCO2)cc1. The summed E-state index contributed by atoms with van der Waals surface area (Å²) >= 11 is 0. The number of hydrogen-bond acceptors (Lipinski definition) is 2. The van der Waals surface area contributed by atoms with Gasteiger partial charge in [-0.15, -0.1) is 0 Å². The highest BCUT2D eigenvalue weighted by atomic mass is 16.5. The largest absolute Gasteiger partial charge is 0.372 e. The first-order valence-electron chi connectivity index (χ1n) is 4.84. The maximum Gasteiger partial charge on any atom is 0.0949 e. The molecule has 1 fully saturated rings. The molecule has 2 rings (SSSR count). The van der Waals surface area contributed by atoms with Gasteiger partial charge in [0.05, 0.1) is 6.10 Å². The molecule has 0 bridgehead atoms. The summed E-state index contributed by atoms with van der Waals surface area (Å²) in [7, 11) is 0. The van der Waals surface area contributed by atoms with Crippen LogP contribution in [0.1, 0.15) is 18.1 Å². The molecule has 13 heavy (non-hydrogen) atoms. The summed E-state index contributed by atoms with van der Waals surface area (Å²) in [5.41, 5.74) is 1.27. The van der Waals surface area contributed by atoms with Gasteiger partial charge in [-0.25, -0.2) is 0 Å². The van der Waals surface area contributed by atoms with E-state index in [1.165, 1.54) is 5.56 Å². The molecule has 1 aromatic rings. The summed E-state index contributed by atoms with van der Waals surface area (Å²) in [4.78, 5) is 0. The number of nitrogens with one attached hydrogen (secondary N) is 1. The number of hydrogen-bond donors (Lipinski definition) is 1. The lowest BCUT2D eigenvalue weighted by molar-refractivity contribution is 0.0669. The van der Waals surface area contributed by atoms with Crippen molar-refractivity contribution in [1.82, 2.24) is 5.32 Å². The third-order valence-electron chi connectivity index (χ3n) is 2.32. The smallest absolute Gasteiger partial charge is 0.0949 e. The van der Waals surface area contributed by atoms with E-state index in [1.54, 1.807) is 0 Å². The van der Waals surface area contributed by atoms with E-state index in [-0.39, 0.29) is 6.10 Å². The van der Waals surface area contributed by atoms with Crippen LogP contribution in [0.15, 0.2) is 30.3 Å². The minimum atomic E-state index is 0.240. The van der Waals surface area contributed by atoms with E-state index in [0.717, 1.165) is 26.1 Å². The summed E-state index contributed by atoms with van der Waals surface area (Å²) in [6.07, 6.45) is 1.35. The van der Waals surface area contributed by atoms with Gasteiger partial charge in [0.1, 0.15) is 0 Å². The van der Waals surface area contributed by atoms with E-state index in [4.69, 9.17) is 4.74 Å². The van der Waals surface area contributed by atoms with Gasteiger partial charge in [0, 0.05) is 13.2 Å². The van der Waals surface area contributed by atoms with E-state index in [1.807, 2.05) is 6.07 Å². The third-order valence-corrected chi connectivity index (χ3v) is 2.32. The second-order valence-corrected chi connectivity index (χ2v) is 3.33. The molecule has 1 aliphatic heterocycles. The topological polar surface area (TPSA) is 21.3 Å². The minimum Gasteiger partial charge on any atom is -0.372 e. The van der Waals surface area contributed by atoms with Crippen molar-refractivity contribution in [2.75, 3.05) is 19.7 Å². The number of benzene rings is 1. The van der Waals surface area contributed by atoms with Crippen LogP contribution in [-0.2, 0) is 4.74 Å². The van der Waals surface area contributed by atoms with Crippen molar-refractivity contribution in [1.29, 1.82) is 0 Å². The van der Waals surface area contributed by atoms with Crippen LogP contribution in [0.25, 0.3) is 0 Å². The molecule has 1 aromatic carbocycles. The van der Waals surface area contributed by atoms with Crippen molar-refractivity contribution < 1.29 is 4.74 Å². The Morgan fingerprint density at radius 2 is 2.08 bits per heavy atom. The molecule has 1 aliphatic rings. The van der Waals surface area contributed by atoms with E-state index in [2.05, 4.69) is 29.6 Å². The van der Waals surface area contributed by atoms with Gasteiger partial charge >= 0.3 is 0 Å². The van der Waals surface area contributed by atoms with E-state index < -0.39 is 0 Å². The van der Waals surface area contributed by atoms with Crippen LogP contribution in [0.2, 0.25) is 0 Å². The van der Waals surface area contributed by atoms with Crippen LogP contribution < -0.4 is 5.32 Å². The maximum absolute atomic E-state index is 5.73. The highest BCUT2D eigenvalue weighted by Crippen LogP contribution is 2.17. The number of ether oxygens (including phenoxy) is 1. The summed E-state index contributed by atoms with van der Waals surface area (Å²) in [5, 5.41) is 3.37. The Balaban J connectivity index is 2.06. The molecule has 0 aromatic heterocycles. The van der Waals surface area contributed by atoms with E-state index in [9.17, 15) is 0 Å². The molecule has 1 N–H and O–H groups in total. The van der Waals surface area contributed by atoms with Crippen LogP contribution in [0.3, 0.4) is 0 Å². The van der Waals surface area contributed by atoms with Crippen LogP contribution in [0.4, 0.5) is 0 Å². The summed E-state index contributed by atoms with van der Waals surface area (Å²) < 4.78 is 5.73. The fraction of sp³-hybridized carbons (Fsp3) is 0.455. The molecule has 0 amide bonds. The average Bonchev–Trinajstić information content (AvgIpc) is 2.47. The molecular weight excluding hydrogens is 162 g/mol. The Bertz CT molecular complexity index is 240. The standard InChI is InChI=1S/C11H15NO/c1-2-5-10(6-3-1)11-9-12-7-4-8-13-11/h1-3,5-6,11-12H,4,7-9H2/t11-/m0/s1. The van der Waals surface area contributed by atoms with Gasteiger partial charge in [0.25, 0.3) is 0 Å². The molecule has 1 atom stereocenters. The highest BCUT2D eigenvalue weighted by molar-refractivity contribution is 5.18. The van der Waals surface area contributed by atoms with Crippen LogP contribution >= 0.6 is 0 Å². The molecule has 0 radical (unpaired) electrons. The Morgan fingerprint density at radius 1 is 1.23 bits per heavy atom. The lowest BCUT2D eigenvalue weighted by Crippen LogP contribution is -2.19. The monoisotopic (exact) mass is 177 g/mol. The van der Waals surface area contributed by atoms with Crippen molar-refractivity contribution in [2.24, 2.45) is 0 Å². The van der Waals surface area contributed by atoms with Crippen molar-refractivity contribution in [3.05, 3.63) is 35.9 Å². The summed E-state index contributed by atoms with van der Waals surface area (Å²) in [6, 6.07) is 10.4. The quantitative estimate of drug-likeness (QED) is 0.705. The molecule has 70 valence electrons. The predicted molar refractivity (Wildman–Crippen MR) is 52.6 cm³/mol. The fourth-order valence-corrected chi connectivity index (χ4v) is 1.60. The summed E-state index contributed by atoms with van der Waals surface area (Å²) in [6.45, 7) is 2.87. The third kappa shape index (κ3) is 2.29. The van der Waals surface area contributed by atoms with Gasteiger partial charge in [-0.05, 0) is 18.5 Å². The molecule has 1 saturated heterocycles. The molecule has 0 unspecified atom stereocenters. The van der Waals surface area contributed by atoms with Gasteiger partial charge in [-0.3, -0.25) is 0 Å². The van der Waals surface area contributed by atoms with Gasteiger partial charge in [0.15, 0.2) is 0 Å². The zero-order valence-electron chi connectivity index (χ0n) is 7.70. The zero-order chi connectivity index (χ0) is 8.93. The lowest BCUT2D eigenvalue weighted by atomic mass is 10.1. The summed E-state index contributed by atoms with van der Waals surface area (Å²) in [5.74, 6) is 0.